The lowest BCUT2D eigenvalue weighted by Crippen LogP contribution is -2.70. The number of hydroxylamine groups is 2. The molecule has 5 rings (SSSR count). The number of aromatic hydroxyl groups is 1. The number of ketones is 2. The minimum atomic E-state index is -3.09. The van der Waals surface area contributed by atoms with Crippen LogP contribution < -0.4 is 11.1 Å². The fraction of sp³-hybridized carbons (Fsp3) is 0.517. The normalized spacial score (nSPS) is 35.3. The number of nitrogens with one attached hydrogen (secondary N) is 1. The summed E-state index contributed by atoms with van der Waals surface area (Å²) in [4.78, 5) is 58.7. The van der Waals surface area contributed by atoms with E-state index in [1.165, 1.54) is 31.1 Å². The maximum absolute atomic E-state index is 14.1. The molecule has 0 aromatic heterocycles. The number of likely N-dealkylation sites (N-methyl/N-ethyl adjacent to an activating group) is 1. The number of carbonyl (C=O) groups excluding carboxylic acids is 4. The van der Waals surface area contributed by atoms with Gasteiger partial charge in [0.05, 0.1) is 43.0 Å². The number of phenolic OH excluding ortho intramolecular Hbond substituents is 1. The molecule has 0 bridgehead atoms. The molecule has 2 amide bonds. The summed E-state index contributed by atoms with van der Waals surface area (Å²) in [7, 11) is 3.85. The molecule has 11 N–H and O–H groups in total. The zero-order valence-corrected chi connectivity index (χ0v) is 25.6. The van der Waals surface area contributed by atoms with E-state index in [0.717, 1.165) is 7.11 Å². The highest BCUT2D eigenvalue weighted by atomic mass is 16.8. The average molecular weight is 665 g/mol. The van der Waals surface area contributed by atoms with Gasteiger partial charge in [-0.25, -0.2) is 0 Å². The number of carbonyl (C=O) groups is 4. The monoisotopic (exact) mass is 664 g/mol. The van der Waals surface area contributed by atoms with E-state index >= 15 is 0 Å². The van der Waals surface area contributed by atoms with Gasteiger partial charge in [0.15, 0.2) is 17.5 Å². The van der Waals surface area contributed by atoms with Crippen LogP contribution in [0.3, 0.4) is 0 Å². The molecule has 1 aliphatic heterocycles. The summed E-state index contributed by atoms with van der Waals surface area (Å²) >= 11 is 0. The molecule has 2 fully saturated rings. The number of hydrogen-bond acceptors (Lipinski definition) is 16. The molecule has 0 radical (unpaired) electrons. The van der Waals surface area contributed by atoms with Crippen LogP contribution in [-0.4, -0.2) is 144 Å². The predicted molar refractivity (Wildman–Crippen MR) is 156 cm³/mol. The Morgan fingerprint density at radius 3 is 2.30 bits per heavy atom. The number of phenols is 1. The molecular weight excluding hydrogens is 628 g/mol. The Labute approximate surface area is 266 Å². The van der Waals surface area contributed by atoms with E-state index in [0.29, 0.717) is 5.06 Å². The number of fused-ring (bicyclic) bond motifs is 3. The van der Waals surface area contributed by atoms with Crippen LogP contribution in [0.2, 0.25) is 0 Å². The Morgan fingerprint density at radius 2 is 1.77 bits per heavy atom. The quantitative estimate of drug-likeness (QED) is 0.0591. The summed E-state index contributed by atoms with van der Waals surface area (Å²) < 4.78 is 5.01. The van der Waals surface area contributed by atoms with Crippen molar-refractivity contribution in [2.75, 3.05) is 39.7 Å². The van der Waals surface area contributed by atoms with E-state index in [-0.39, 0.29) is 16.8 Å². The van der Waals surface area contributed by atoms with Gasteiger partial charge < -0.3 is 56.6 Å². The Morgan fingerprint density at radius 1 is 1.13 bits per heavy atom. The summed E-state index contributed by atoms with van der Waals surface area (Å²) in [6, 6.07) is 1.15. The van der Waals surface area contributed by atoms with Gasteiger partial charge in [0.25, 0.3) is 11.8 Å². The van der Waals surface area contributed by atoms with Crippen molar-refractivity contribution < 1.29 is 69.6 Å². The predicted octanol–water partition coefficient (Wildman–Crippen LogP) is -3.30. The number of rotatable bonds is 7. The number of hydrogen-bond donors (Lipinski definition) is 10. The van der Waals surface area contributed by atoms with E-state index in [4.69, 9.17) is 15.3 Å². The van der Waals surface area contributed by atoms with Crippen molar-refractivity contribution in [1.29, 1.82) is 0 Å². The highest BCUT2D eigenvalue weighted by molar-refractivity contribution is 6.24. The first kappa shape index (κ1) is 34.4. The zero-order chi connectivity index (χ0) is 35.1. The molecule has 256 valence electrons. The van der Waals surface area contributed by atoms with Crippen molar-refractivity contribution in [3.05, 3.63) is 40.2 Å². The average Bonchev–Trinajstić information content (AvgIpc) is 3.26. The molecule has 3 aliphatic carbocycles. The van der Waals surface area contributed by atoms with Crippen molar-refractivity contribution in [3.63, 3.8) is 0 Å². The first-order valence-electron chi connectivity index (χ1n) is 14.4. The smallest absolute Gasteiger partial charge is 0.280 e. The van der Waals surface area contributed by atoms with E-state index in [9.17, 15) is 60.0 Å². The van der Waals surface area contributed by atoms with Gasteiger partial charge in [-0.2, -0.15) is 0 Å². The highest BCUT2D eigenvalue weighted by Crippen LogP contribution is 2.56. The molecule has 1 aromatic carbocycles. The first-order chi connectivity index (χ1) is 21.9. The molecule has 1 heterocycles. The third-order valence-electron chi connectivity index (χ3n) is 9.48. The summed E-state index contributed by atoms with van der Waals surface area (Å²) in [5.41, 5.74) is 0.108. The van der Waals surface area contributed by atoms with Gasteiger partial charge in [0.2, 0.25) is 11.7 Å². The van der Waals surface area contributed by atoms with Crippen LogP contribution in [-0.2, 0) is 28.8 Å². The summed E-state index contributed by atoms with van der Waals surface area (Å²) in [6.07, 6.45) is -5.12. The van der Waals surface area contributed by atoms with Crippen molar-refractivity contribution in [2.24, 2.45) is 17.6 Å². The summed E-state index contributed by atoms with van der Waals surface area (Å²) in [5.74, 6) is -14.2. The number of Topliss-reactive ketones (excluding diaryl/α,β-unsaturated/α-hetero) is 2. The van der Waals surface area contributed by atoms with E-state index < -0.39 is 119 Å². The second-order valence-corrected chi connectivity index (χ2v) is 12.2. The number of benzene rings is 1. The fourth-order valence-corrected chi connectivity index (χ4v) is 7.20. The fourth-order valence-electron chi connectivity index (χ4n) is 7.20. The van der Waals surface area contributed by atoms with Crippen LogP contribution in [0.25, 0.3) is 5.76 Å². The van der Waals surface area contributed by atoms with Crippen LogP contribution in [0.15, 0.2) is 29.0 Å². The molecule has 4 aliphatic rings. The number of nitrogens with zero attached hydrogens (tertiary/aromatic N) is 2. The number of anilines is 1. The van der Waals surface area contributed by atoms with Gasteiger partial charge in [0.1, 0.15) is 35.5 Å². The summed E-state index contributed by atoms with van der Waals surface area (Å²) in [5, 5.41) is 90.6. The largest absolute Gasteiger partial charge is 0.508 e. The second-order valence-electron chi connectivity index (χ2n) is 12.2. The number of primary amides is 1. The maximum atomic E-state index is 14.1. The lowest BCUT2D eigenvalue weighted by molar-refractivity contribution is -0.390. The molecule has 18 heteroatoms. The van der Waals surface area contributed by atoms with Crippen molar-refractivity contribution in [1.82, 2.24) is 9.96 Å². The Hall–Kier alpha value is -3.98. The van der Waals surface area contributed by atoms with Gasteiger partial charge in [-0.1, -0.05) is 13.0 Å². The van der Waals surface area contributed by atoms with Gasteiger partial charge in [-0.05, 0) is 31.6 Å². The third-order valence-corrected chi connectivity index (χ3v) is 9.48. The first-order valence-corrected chi connectivity index (χ1v) is 14.4. The SMILES string of the molecule is CON(CC(=O)Nc1ccc2c(c1O)C(O)=C1C(=O)[C@]3(O)C(O)=C(C(N)=O)C(=O)[C@@H](N(C)C)[C@@H]3[C@@H](O)[C@@H]1[C@H]2C)C1(O)OC[C@@H](O)[C@H]1O. The van der Waals surface area contributed by atoms with Crippen molar-refractivity contribution in [2.45, 2.75) is 48.7 Å². The molecule has 1 saturated heterocycles. The van der Waals surface area contributed by atoms with Crippen LogP contribution in [0.4, 0.5) is 5.69 Å². The van der Waals surface area contributed by atoms with Gasteiger partial charge in [0, 0.05) is 11.5 Å². The lowest BCUT2D eigenvalue weighted by atomic mass is 9.54. The standard InChI is InChI=1S/C29H36N4O14/c1-9-10-5-6-11(31-13(35)7-33(46-4)29(45)24(40)12(34)8-47-29)20(36)15(10)21(37)16-14(9)22(38)18-19(32(2)3)23(39)17(27(30)43)26(42)28(18,44)25(16)41/h5-6,9,12,14,18-19,22,24,34,36-38,40,42,44-45H,7-8H2,1-4H3,(H2,30,43)(H,31,35)/t9-,12+,14+,18+,19-,22-,24+,28-,29?/m0/s1. The van der Waals surface area contributed by atoms with E-state index in [1.54, 1.807) is 6.92 Å². The number of amides is 2. The Bertz CT molecular complexity index is 1630. The highest BCUT2D eigenvalue weighted by Gasteiger charge is 2.68. The van der Waals surface area contributed by atoms with Crippen LogP contribution >= 0.6 is 0 Å². The molecule has 0 spiro atoms. The van der Waals surface area contributed by atoms with Crippen molar-refractivity contribution >= 4 is 34.8 Å². The Balaban J connectivity index is 1.56. The third kappa shape index (κ3) is 4.75. The minimum absolute atomic E-state index is 0.203. The number of nitrogens with two attached hydrogens (primary N) is 1. The molecule has 9 atom stereocenters. The number of aliphatic hydroxyl groups excluding tert-OH is 5. The van der Waals surface area contributed by atoms with E-state index in [1.807, 2.05) is 0 Å². The molecule has 1 saturated carbocycles. The molecular formula is C29H36N4O14. The van der Waals surface area contributed by atoms with Crippen LogP contribution in [0.1, 0.15) is 24.0 Å². The number of aliphatic hydroxyl groups is 7. The maximum Gasteiger partial charge on any atom is 0.280 e. The van der Waals surface area contributed by atoms with Crippen molar-refractivity contribution in [3.8, 4) is 5.75 Å². The van der Waals surface area contributed by atoms with Gasteiger partial charge >= 0.3 is 0 Å². The topological polar surface area (TPSA) is 293 Å². The van der Waals surface area contributed by atoms with E-state index in [2.05, 4.69) is 5.32 Å². The van der Waals surface area contributed by atoms with Crippen LogP contribution in [0.5, 0.6) is 5.75 Å². The number of ether oxygens (including phenoxy) is 1. The molecule has 18 nitrogen and oxygen atoms in total. The second kappa shape index (κ2) is 11.6. The molecule has 1 unspecified atom stereocenters. The molecule has 47 heavy (non-hydrogen) atoms. The zero-order valence-electron chi connectivity index (χ0n) is 25.6. The summed E-state index contributed by atoms with van der Waals surface area (Å²) in [6.45, 7) is 0.273. The minimum Gasteiger partial charge on any atom is -0.508 e. The Kier molecular flexibility index (Phi) is 8.49. The molecule has 1 aromatic rings. The van der Waals surface area contributed by atoms with Crippen LogP contribution in [0, 0.1) is 11.8 Å². The van der Waals surface area contributed by atoms with Gasteiger partial charge in [-0.15, -0.1) is 5.06 Å². The van der Waals surface area contributed by atoms with Gasteiger partial charge in [-0.3, -0.25) is 28.9 Å². The lowest BCUT2D eigenvalue weighted by Gasteiger charge is -2.53.